The van der Waals surface area contributed by atoms with E-state index >= 15 is 0 Å². The molecule has 0 bridgehead atoms. The standard InChI is InChI=1S/C11H16N2O/c1-5-10(6-2)12-7-11-13-8(3)9(4)14-11/h1,10,12H,6-7H2,2-4H3. The molecule has 1 atom stereocenters. The number of hydrogen-bond acceptors (Lipinski definition) is 3. The van der Waals surface area contributed by atoms with E-state index in [0.717, 1.165) is 17.9 Å². The Kier molecular flexibility index (Phi) is 3.73. The van der Waals surface area contributed by atoms with Crippen molar-refractivity contribution >= 4 is 0 Å². The van der Waals surface area contributed by atoms with Gasteiger partial charge in [-0.1, -0.05) is 12.8 Å². The molecule has 3 heteroatoms. The van der Waals surface area contributed by atoms with Crippen molar-refractivity contribution in [3.05, 3.63) is 17.3 Å². The van der Waals surface area contributed by atoms with Gasteiger partial charge in [-0.05, 0) is 20.3 Å². The minimum atomic E-state index is 0.0995. The smallest absolute Gasteiger partial charge is 0.208 e. The van der Waals surface area contributed by atoms with Gasteiger partial charge in [0.25, 0.3) is 0 Å². The molecule has 0 amide bonds. The lowest BCUT2D eigenvalue weighted by Gasteiger charge is -2.07. The molecule has 0 aliphatic rings. The Morgan fingerprint density at radius 2 is 2.29 bits per heavy atom. The van der Waals surface area contributed by atoms with E-state index < -0.39 is 0 Å². The van der Waals surface area contributed by atoms with Crippen LogP contribution in [0.1, 0.15) is 30.7 Å². The highest BCUT2D eigenvalue weighted by Crippen LogP contribution is 2.07. The van der Waals surface area contributed by atoms with Crippen LogP contribution in [0.25, 0.3) is 0 Å². The fourth-order valence-corrected chi connectivity index (χ4v) is 1.15. The maximum Gasteiger partial charge on any atom is 0.208 e. The number of terminal acetylenes is 1. The van der Waals surface area contributed by atoms with Crippen LogP contribution in [0.2, 0.25) is 0 Å². The Morgan fingerprint density at radius 1 is 1.57 bits per heavy atom. The van der Waals surface area contributed by atoms with Gasteiger partial charge in [-0.3, -0.25) is 5.32 Å². The number of nitrogens with one attached hydrogen (secondary N) is 1. The van der Waals surface area contributed by atoms with Crippen LogP contribution in [0, 0.1) is 26.2 Å². The van der Waals surface area contributed by atoms with E-state index in [4.69, 9.17) is 10.8 Å². The summed E-state index contributed by atoms with van der Waals surface area (Å²) in [5, 5.41) is 3.18. The molecule has 1 aromatic rings. The zero-order valence-corrected chi connectivity index (χ0v) is 8.92. The van der Waals surface area contributed by atoms with Gasteiger partial charge < -0.3 is 4.42 Å². The Labute approximate surface area is 84.9 Å². The van der Waals surface area contributed by atoms with Crippen molar-refractivity contribution < 1.29 is 4.42 Å². The molecule has 1 N–H and O–H groups in total. The van der Waals surface area contributed by atoms with Crippen molar-refractivity contribution in [1.29, 1.82) is 0 Å². The molecule has 1 aromatic heterocycles. The van der Waals surface area contributed by atoms with Gasteiger partial charge in [0.2, 0.25) is 5.89 Å². The van der Waals surface area contributed by atoms with E-state index in [1.165, 1.54) is 0 Å². The third-order valence-corrected chi connectivity index (χ3v) is 2.18. The van der Waals surface area contributed by atoms with Gasteiger partial charge in [-0.2, -0.15) is 0 Å². The van der Waals surface area contributed by atoms with Crippen LogP contribution in [0.5, 0.6) is 0 Å². The first kappa shape index (κ1) is 10.8. The number of rotatable bonds is 4. The van der Waals surface area contributed by atoms with Gasteiger partial charge in [-0.15, -0.1) is 6.42 Å². The summed E-state index contributed by atoms with van der Waals surface area (Å²) in [5.74, 6) is 4.24. The molecular weight excluding hydrogens is 176 g/mol. The molecule has 0 radical (unpaired) electrons. The molecule has 0 spiro atoms. The fourth-order valence-electron chi connectivity index (χ4n) is 1.15. The molecule has 0 fully saturated rings. The Balaban J connectivity index is 2.50. The molecule has 1 rings (SSSR count). The lowest BCUT2D eigenvalue weighted by atomic mass is 10.2. The van der Waals surface area contributed by atoms with E-state index in [0.29, 0.717) is 12.4 Å². The number of oxazole rings is 1. The quantitative estimate of drug-likeness (QED) is 0.739. The highest BCUT2D eigenvalue weighted by atomic mass is 16.4. The average molecular weight is 192 g/mol. The maximum absolute atomic E-state index is 5.41. The molecular formula is C11H16N2O. The summed E-state index contributed by atoms with van der Waals surface area (Å²) < 4.78 is 5.41. The molecule has 76 valence electrons. The Bertz CT molecular complexity index is 316. The van der Waals surface area contributed by atoms with Gasteiger partial charge in [-0.25, -0.2) is 4.98 Å². The van der Waals surface area contributed by atoms with Crippen LogP contribution in [-0.4, -0.2) is 11.0 Å². The third kappa shape index (κ3) is 2.61. The van der Waals surface area contributed by atoms with Gasteiger partial charge in [0.15, 0.2) is 0 Å². The summed E-state index contributed by atoms with van der Waals surface area (Å²) in [4.78, 5) is 4.25. The van der Waals surface area contributed by atoms with E-state index in [1.54, 1.807) is 0 Å². The molecule has 0 aliphatic carbocycles. The first-order chi connectivity index (χ1) is 6.67. The summed E-state index contributed by atoms with van der Waals surface area (Å²) in [6.07, 6.45) is 6.23. The predicted octanol–water partition coefficient (Wildman–Crippen LogP) is 1.79. The molecule has 0 aromatic carbocycles. The molecule has 1 unspecified atom stereocenters. The highest BCUT2D eigenvalue weighted by molar-refractivity contribution is 5.06. The van der Waals surface area contributed by atoms with Crippen molar-refractivity contribution in [2.75, 3.05) is 0 Å². The van der Waals surface area contributed by atoms with E-state index in [-0.39, 0.29) is 6.04 Å². The van der Waals surface area contributed by atoms with Crippen LogP contribution >= 0.6 is 0 Å². The Hall–Kier alpha value is -1.27. The van der Waals surface area contributed by atoms with Crippen molar-refractivity contribution in [3.8, 4) is 12.3 Å². The summed E-state index contributed by atoms with van der Waals surface area (Å²) in [6.45, 7) is 6.48. The first-order valence-electron chi connectivity index (χ1n) is 4.79. The number of aryl methyl sites for hydroxylation is 2. The molecule has 0 aliphatic heterocycles. The van der Waals surface area contributed by atoms with Crippen LogP contribution in [0.4, 0.5) is 0 Å². The Morgan fingerprint density at radius 3 is 2.71 bits per heavy atom. The van der Waals surface area contributed by atoms with Crippen LogP contribution in [0.3, 0.4) is 0 Å². The van der Waals surface area contributed by atoms with Crippen LogP contribution in [-0.2, 0) is 6.54 Å². The minimum Gasteiger partial charge on any atom is -0.444 e. The molecule has 1 heterocycles. The van der Waals surface area contributed by atoms with Gasteiger partial charge in [0.1, 0.15) is 5.76 Å². The SMILES string of the molecule is C#CC(CC)NCc1nc(C)c(C)o1. The second-order valence-electron chi connectivity index (χ2n) is 3.26. The maximum atomic E-state index is 5.41. The molecule has 14 heavy (non-hydrogen) atoms. The largest absolute Gasteiger partial charge is 0.444 e. The average Bonchev–Trinajstić information content (AvgIpc) is 2.48. The van der Waals surface area contributed by atoms with E-state index in [1.807, 2.05) is 20.8 Å². The van der Waals surface area contributed by atoms with E-state index in [2.05, 4.69) is 16.2 Å². The zero-order chi connectivity index (χ0) is 10.6. The van der Waals surface area contributed by atoms with Crippen LogP contribution < -0.4 is 5.32 Å². The second-order valence-corrected chi connectivity index (χ2v) is 3.26. The topological polar surface area (TPSA) is 38.1 Å². The summed E-state index contributed by atoms with van der Waals surface area (Å²) in [7, 11) is 0. The molecule has 0 saturated carbocycles. The van der Waals surface area contributed by atoms with Crippen molar-refractivity contribution in [1.82, 2.24) is 10.3 Å². The van der Waals surface area contributed by atoms with Crippen LogP contribution in [0.15, 0.2) is 4.42 Å². The zero-order valence-electron chi connectivity index (χ0n) is 8.92. The summed E-state index contributed by atoms with van der Waals surface area (Å²) in [5.41, 5.74) is 0.940. The van der Waals surface area contributed by atoms with Crippen molar-refractivity contribution in [2.45, 2.75) is 39.8 Å². The van der Waals surface area contributed by atoms with Gasteiger partial charge in [0.05, 0.1) is 18.3 Å². The van der Waals surface area contributed by atoms with Gasteiger partial charge in [0, 0.05) is 0 Å². The minimum absolute atomic E-state index is 0.0995. The van der Waals surface area contributed by atoms with Gasteiger partial charge >= 0.3 is 0 Å². The monoisotopic (exact) mass is 192 g/mol. The predicted molar refractivity (Wildman–Crippen MR) is 55.7 cm³/mol. The lowest BCUT2D eigenvalue weighted by molar-refractivity contribution is 0.437. The molecule has 0 saturated heterocycles. The normalized spacial score (nSPS) is 12.4. The van der Waals surface area contributed by atoms with Crippen molar-refractivity contribution in [2.24, 2.45) is 0 Å². The summed E-state index contributed by atoms with van der Waals surface area (Å²) >= 11 is 0. The lowest BCUT2D eigenvalue weighted by Crippen LogP contribution is -2.26. The third-order valence-electron chi connectivity index (χ3n) is 2.18. The highest BCUT2D eigenvalue weighted by Gasteiger charge is 2.07. The number of nitrogens with zero attached hydrogens (tertiary/aromatic N) is 1. The number of aromatic nitrogens is 1. The number of hydrogen-bond donors (Lipinski definition) is 1. The molecule has 3 nitrogen and oxygen atoms in total. The summed E-state index contributed by atoms with van der Waals surface area (Å²) in [6, 6.07) is 0.0995. The second kappa shape index (κ2) is 4.83. The van der Waals surface area contributed by atoms with E-state index in [9.17, 15) is 0 Å². The van der Waals surface area contributed by atoms with Crippen molar-refractivity contribution in [3.63, 3.8) is 0 Å². The fraction of sp³-hybridized carbons (Fsp3) is 0.545. The first-order valence-corrected chi connectivity index (χ1v) is 4.79.